The van der Waals surface area contributed by atoms with Gasteiger partial charge in [0.15, 0.2) is 0 Å². The Morgan fingerprint density at radius 1 is 0.500 bits per heavy atom. The third-order valence-electron chi connectivity index (χ3n) is 8.64. The van der Waals surface area contributed by atoms with Crippen LogP contribution in [0.5, 0.6) is 0 Å². The van der Waals surface area contributed by atoms with Gasteiger partial charge < -0.3 is 9.80 Å². The zero-order valence-electron chi connectivity index (χ0n) is 23.3. The SMILES string of the molecule is CCCCCCCCCCN1CCC(C(=O)C2CCN(CCCCCCCCCC)CC2)CC1. The molecule has 2 fully saturated rings. The van der Waals surface area contributed by atoms with Crippen LogP contribution in [0, 0.1) is 11.8 Å². The number of likely N-dealkylation sites (tertiary alicyclic amines) is 2. The molecule has 0 atom stereocenters. The van der Waals surface area contributed by atoms with Crippen molar-refractivity contribution in [1.29, 1.82) is 0 Å². The third-order valence-corrected chi connectivity index (χ3v) is 8.64. The van der Waals surface area contributed by atoms with Crippen LogP contribution in [-0.4, -0.2) is 54.9 Å². The summed E-state index contributed by atoms with van der Waals surface area (Å²) in [6, 6.07) is 0. The van der Waals surface area contributed by atoms with Crippen molar-refractivity contribution < 1.29 is 4.79 Å². The summed E-state index contributed by atoms with van der Waals surface area (Å²) in [7, 11) is 0. The second kappa shape index (κ2) is 19.7. The first-order chi connectivity index (χ1) is 16.7. The molecule has 2 saturated heterocycles. The highest BCUT2D eigenvalue weighted by Crippen LogP contribution is 2.27. The van der Waals surface area contributed by atoms with Crippen molar-refractivity contribution >= 4 is 5.78 Å². The minimum Gasteiger partial charge on any atom is -0.303 e. The predicted molar refractivity (Wildman–Crippen MR) is 149 cm³/mol. The summed E-state index contributed by atoms with van der Waals surface area (Å²) in [4.78, 5) is 18.4. The van der Waals surface area contributed by atoms with E-state index < -0.39 is 0 Å². The maximum absolute atomic E-state index is 13.1. The zero-order chi connectivity index (χ0) is 24.3. The molecule has 3 nitrogen and oxygen atoms in total. The smallest absolute Gasteiger partial charge is 0.139 e. The number of carbonyl (C=O) groups excluding carboxylic acids is 1. The molecule has 0 saturated carbocycles. The van der Waals surface area contributed by atoms with Crippen molar-refractivity contribution in [3.63, 3.8) is 0 Å². The van der Waals surface area contributed by atoms with Gasteiger partial charge in [-0.2, -0.15) is 0 Å². The molecule has 0 N–H and O–H groups in total. The lowest BCUT2D eigenvalue weighted by atomic mass is 9.81. The molecule has 3 heteroatoms. The monoisotopic (exact) mass is 476 g/mol. The fraction of sp³-hybridized carbons (Fsp3) is 0.968. The summed E-state index contributed by atoms with van der Waals surface area (Å²) in [6.07, 6.45) is 26.9. The number of ketones is 1. The summed E-state index contributed by atoms with van der Waals surface area (Å²) in [5.74, 6) is 1.34. The fourth-order valence-electron chi connectivity index (χ4n) is 6.15. The highest BCUT2D eigenvalue weighted by atomic mass is 16.1. The molecule has 0 aromatic heterocycles. The van der Waals surface area contributed by atoms with Gasteiger partial charge in [-0.15, -0.1) is 0 Å². The number of nitrogens with zero attached hydrogens (tertiary/aromatic N) is 2. The van der Waals surface area contributed by atoms with Gasteiger partial charge >= 0.3 is 0 Å². The molecule has 0 unspecified atom stereocenters. The lowest BCUT2D eigenvalue weighted by molar-refractivity contribution is -0.129. The van der Waals surface area contributed by atoms with E-state index in [9.17, 15) is 4.79 Å². The Labute approximate surface area is 213 Å². The van der Waals surface area contributed by atoms with Gasteiger partial charge in [0.05, 0.1) is 0 Å². The Morgan fingerprint density at radius 3 is 1.12 bits per heavy atom. The molecule has 0 spiro atoms. The highest BCUT2D eigenvalue weighted by Gasteiger charge is 2.32. The molecule has 34 heavy (non-hydrogen) atoms. The molecule has 0 radical (unpaired) electrons. The topological polar surface area (TPSA) is 23.6 Å². The fourth-order valence-corrected chi connectivity index (χ4v) is 6.15. The van der Waals surface area contributed by atoms with Crippen molar-refractivity contribution in [2.45, 2.75) is 142 Å². The lowest BCUT2D eigenvalue weighted by Crippen LogP contribution is -2.42. The molecule has 0 aromatic carbocycles. The number of rotatable bonds is 20. The van der Waals surface area contributed by atoms with Crippen molar-refractivity contribution in [3.05, 3.63) is 0 Å². The van der Waals surface area contributed by atoms with E-state index in [1.54, 1.807) is 0 Å². The largest absolute Gasteiger partial charge is 0.303 e. The maximum atomic E-state index is 13.1. The molecule has 200 valence electrons. The van der Waals surface area contributed by atoms with Crippen LogP contribution < -0.4 is 0 Å². The second-order valence-corrected chi connectivity index (χ2v) is 11.6. The van der Waals surface area contributed by atoms with Crippen molar-refractivity contribution in [1.82, 2.24) is 9.80 Å². The van der Waals surface area contributed by atoms with Gasteiger partial charge in [-0.05, 0) is 77.8 Å². The average Bonchev–Trinajstić information content (AvgIpc) is 2.87. The van der Waals surface area contributed by atoms with Gasteiger partial charge in [-0.3, -0.25) is 4.79 Å². The molecule has 0 bridgehead atoms. The average molecular weight is 477 g/mol. The maximum Gasteiger partial charge on any atom is 0.139 e. The second-order valence-electron chi connectivity index (χ2n) is 11.6. The summed E-state index contributed by atoms with van der Waals surface area (Å²) in [6.45, 7) is 11.7. The normalized spacial score (nSPS) is 19.1. The van der Waals surface area contributed by atoms with E-state index in [0.29, 0.717) is 17.6 Å². The van der Waals surface area contributed by atoms with E-state index in [0.717, 1.165) is 51.9 Å². The first-order valence-corrected chi connectivity index (χ1v) is 15.7. The zero-order valence-corrected chi connectivity index (χ0v) is 23.3. The van der Waals surface area contributed by atoms with Crippen LogP contribution in [0.1, 0.15) is 142 Å². The van der Waals surface area contributed by atoms with Crippen LogP contribution in [-0.2, 0) is 4.79 Å². The summed E-state index contributed by atoms with van der Waals surface area (Å²) < 4.78 is 0. The van der Waals surface area contributed by atoms with E-state index in [2.05, 4.69) is 23.6 Å². The van der Waals surface area contributed by atoms with Crippen LogP contribution >= 0.6 is 0 Å². The molecular formula is C31H60N2O. The first kappa shape index (κ1) is 29.8. The van der Waals surface area contributed by atoms with Gasteiger partial charge in [0, 0.05) is 11.8 Å². The summed E-state index contributed by atoms with van der Waals surface area (Å²) in [5, 5.41) is 0. The summed E-state index contributed by atoms with van der Waals surface area (Å²) in [5.41, 5.74) is 0. The molecule has 2 aliphatic heterocycles. The predicted octanol–water partition coefficient (Wildman–Crippen LogP) is 8.26. The highest BCUT2D eigenvalue weighted by molar-refractivity contribution is 5.83. The molecule has 2 aliphatic rings. The Balaban J connectivity index is 1.46. The van der Waals surface area contributed by atoms with E-state index in [1.807, 2.05) is 0 Å². The molecule has 2 heterocycles. The number of hydrogen-bond acceptors (Lipinski definition) is 3. The summed E-state index contributed by atoms with van der Waals surface area (Å²) >= 11 is 0. The first-order valence-electron chi connectivity index (χ1n) is 15.7. The van der Waals surface area contributed by atoms with Crippen LogP contribution in [0.4, 0.5) is 0 Å². The molecular weight excluding hydrogens is 416 g/mol. The van der Waals surface area contributed by atoms with Crippen LogP contribution in [0.2, 0.25) is 0 Å². The number of hydrogen-bond donors (Lipinski definition) is 0. The van der Waals surface area contributed by atoms with Crippen LogP contribution in [0.3, 0.4) is 0 Å². The molecule has 0 aromatic rings. The van der Waals surface area contributed by atoms with Gasteiger partial charge in [0.1, 0.15) is 5.78 Å². The van der Waals surface area contributed by atoms with Gasteiger partial charge in [-0.25, -0.2) is 0 Å². The van der Waals surface area contributed by atoms with E-state index in [1.165, 1.54) is 116 Å². The quantitative estimate of drug-likeness (QED) is 0.165. The van der Waals surface area contributed by atoms with E-state index >= 15 is 0 Å². The van der Waals surface area contributed by atoms with E-state index in [-0.39, 0.29) is 0 Å². The standard InChI is InChI=1S/C31H60N2O/c1-3-5-7-9-11-13-15-17-23-32-25-19-29(20-26-32)31(34)30-21-27-33(28-22-30)24-18-16-14-12-10-8-6-4-2/h29-30H,3-28H2,1-2H3. The van der Waals surface area contributed by atoms with Gasteiger partial charge in [-0.1, -0.05) is 104 Å². The molecule has 0 amide bonds. The Kier molecular flexibility index (Phi) is 17.3. The Bertz CT molecular complexity index is 436. The Hall–Kier alpha value is -0.410. The number of Topliss-reactive ketones (excluding diaryl/α,β-unsaturated/α-hetero) is 1. The number of carbonyl (C=O) groups is 1. The van der Waals surface area contributed by atoms with Crippen LogP contribution in [0.25, 0.3) is 0 Å². The minimum absolute atomic E-state index is 0.360. The third kappa shape index (κ3) is 13.1. The van der Waals surface area contributed by atoms with Crippen molar-refractivity contribution in [3.8, 4) is 0 Å². The number of piperidine rings is 2. The van der Waals surface area contributed by atoms with Crippen molar-refractivity contribution in [2.24, 2.45) is 11.8 Å². The number of unbranched alkanes of at least 4 members (excludes halogenated alkanes) is 14. The molecule has 2 rings (SSSR count). The van der Waals surface area contributed by atoms with Gasteiger partial charge in [0.25, 0.3) is 0 Å². The molecule has 0 aliphatic carbocycles. The minimum atomic E-state index is 0.360. The van der Waals surface area contributed by atoms with E-state index in [4.69, 9.17) is 0 Å². The van der Waals surface area contributed by atoms with Crippen molar-refractivity contribution in [2.75, 3.05) is 39.3 Å². The lowest BCUT2D eigenvalue weighted by Gasteiger charge is -2.36. The van der Waals surface area contributed by atoms with Crippen LogP contribution in [0.15, 0.2) is 0 Å². The van der Waals surface area contributed by atoms with Gasteiger partial charge in [0.2, 0.25) is 0 Å². The Morgan fingerprint density at radius 2 is 0.794 bits per heavy atom.